The molecule has 0 spiro atoms. The Kier molecular flexibility index (Phi) is 2.84. The standard InChI is InChI=1S/C17H26O/c1-11-5-4-10-17(3)14(11)9-7-13-15(17)8-6-12(2)16(13)18/h5,13-15,18H,4,6-10H2,1-3H3/t13-,14+,15+,17+/m0/s1. The first-order valence-corrected chi connectivity index (χ1v) is 7.59. The van der Waals surface area contributed by atoms with Gasteiger partial charge in [0.2, 0.25) is 0 Å². The summed E-state index contributed by atoms with van der Waals surface area (Å²) in [5.74, 6) is 2.70. The normalized spacial score (nSPS) is 44.2. The minimum absolute atomic E-state index is 0.441. The second kappa shape index (κ2) is 4.15. The molecule has 0 saturated heterocycles. The fourth-order valence-corrected chi connectivity index (χ4v) is 5.13. The van der Waals surface area contributed by atoms with Gasteiger partial charge in [-0.1, -0.05) is 18.6 Å². The van der Waals surface area contributed by atoms with Crippen molar-refractivity contribution in [1.82, 2.24) is 0 Å². The summed E-state index contributed by atoms with van der Waals surface area (Å²) >= 11 is 0. The molecular weight excluding hydrogens is 220 g/mol. The third-order valence-corrected chi connectivity index (χ3v) is 6.21. The molecule has 4 atom stereocenters. The lowest BCUT2D eigenvalue weighted by atomic mass is 9.50. The number of hydrogen-bond acceptors (Lipinski definition) is 1. The van der Waals surface area contributed by atoms with Crippen LogP contribution in [0.5, 0.6) is 0 Å². The molecule has 3 rings (SSSR count). The zero-order chi connectivity index (χ0) is 12.9. The molecule has 0 bridgehead atoms. The molecule has 1 heteroatoms. The van der Waals surface area contributed by atoms with Crippen LogP contribution in [0.15, 0.2) is 23.0 Å². The first kappa shape index (κ1) is 12.3. The van der Waals surface area contributed by atoms with Crippen LogP contribution in [0.1, 0.15) is 59.3 Å². The highest BCUT2D eigenvalue weighted by Gasteiger charge is 2.51. The molecule has 1 N–H and O–H groups in total. The van der Waals surface area contributed by atoms with Crippen LogP contribution < -0.4 is 0 Å². The molecule has 1 fully saturated rings. The number of aliphatic hydroxyl groups is 1. The van der Waals surface area contributed by atoms with Gasteiger partial charge in [-0.05, 0) is 75.2 Å². The van der Waals surface area contributed by atoms with Crippen molar-refractivity contribution in [1.29, 1.82) is 0 Å². The molecule has 0 aliphatic heterocycles. The Morgan fingerprint density at radius 1 is 1.22 bits per heavy atom. The summed E-state index contributed by atoms with van der Waals surface area (Å²) in [5.41, 5.74) is 3.31. The zero-order valence-corrected chi connectivity index (χ0v) is 12.0. The van der Waals surface area contributed by atoms with E-state index in [4.69, 9.17) is 0 Å². The van der Waals surface area contributed by atoms with E-state index in [1.54, 1.807) is 5.57 Å². The van der Waals surface area contributed by atoms with E-state index in [1.807, 2.05) is 0 Å². The molecule has 3 aliphatic rings. The molecule has 0 unspecified atom stereocenters. The quantitative estimate of drug-likeness (QED) is 0.596. The fraction of sp³-hybridized carbons (Fsp3) is 0.765. The largest absolute Gasteiger partial charge is 0.512 e. The first-order valence-electron chi connectivity index (χ1n) is 7.59. The first-order chi connectivity index (χ1) is 8.54. The average molecular weight is 246 g/mol. The predicted molar refractivity (Wildman–Crippen MR) is 75.4 cm³/mol. The molecule has 18 heavy (non-hydrogen) atoms. The van der Waals surface area contributed by atoms with Crippen molar-refractivity contribution in [2.45, 2.75) is 59.3 Å². The van der Waals surface area contributed by atoms with E-state index in [2.05, 4.69) is 26.8 Å². The number of aliphatic hydroxyl groups excluding tert-OH is 1. The SMILES string of the molecule is CC1=CCC[C@]2(C)[C@@H]1CC[C@@H]1C(O)=C(C)CC[C@H]12. The summed E-state index contributed by atoms with van der Waals surface area (Å²) in [7, 11) is 0. The van der Waals surface area contributed by atoms with Crippen LogP contribution in [0.4, 0.5) is 0 Å². The van der Waals surface area contributed by atoms with E-state index in [9.17, 15) is 5.11 Å². The maximum atomic E-state index is 10.4. The van der Waals surface area contributed by atoms with Crippen LogP contribution in [-0.2, 0) is 0 Å². The highest BCUT2D eigenvalue weighted by Crippen LogP contribution is 2.59. The van der Waals surface area contributed by atoms with Gasteiger partial charge in [0.05, 0.1) is 5.76 Å². The van der Waals surface area contributed by atoms with Crippen LogP contribution in [0.2, 0.25) is 0 Å². The third kappa shape index (κ3) is 1.59. The van der Waals surface area contributed by atoms with Crippen LogP contribution >= 0.6 is 0 Å². The summed E-state index contributed by atoms with van der Waals surface area (Å²) in [5, 5.41) is 10.4. The maximum absolute atomic E-state index is 10.4. The second-order valence-electron chi connectivity index (χ2n) is 7.04. The lowest BCUT2D eigenvalue weighted by molar-refractivity contribution is -0.0124. The molecular formula is C17H26O. The molecule has 0 radical (unpaired) electrons. The molecule has 0 heterocycles. The third-order valence-electron chi connectivity index (χ3n) is 6.21. The van der Waals surface area contributed by atoms with E-state index < -0.39 is 0 Å². The molecule has 0 aromatic carbocycles. The van der Waals surface area contributed by atoms with E-state index in [1.165, 1.54) is 37.7 Å². The molecule has 1 nitrogen and oxygen atoms in total. The van der Waals surface area contributed by atoms with Crippen molar-refractivity contribution in [3.05, 3.63) is 23.0 Å². The van der Waals surface area contributed by atoms with Crippen molar-refractivity contribution in [2.75, 3.05) is 0 Å². The predicted octanol–water partition coefficient (Wildman–Crippen LogP) is 5.00. The topological polar surface area (TPSA) is 20.2 Å². The Hall–Kier alpha value is -0.720. The van der Waals surface area contributed by atoms with Gasteiger partial charge < -0.3 is 5.11 Å². The number of hydrogen-bond donors (Lipinski definition) is 1. The van der Waals surface area contributed by atoms with Gasteiger partial charge in [-0.2, -0.15) is 0 Å². The number of fused-ring (bicyclic) bond motifs is 3. The van der Waals surface area contributed by atoms with E-state index in [0.29, 0.717) is 17.3 Å². The van der Waals surface area contributed by atoms with Gasteiger partial charge in [0.1, 0.15) is 0 Å². The van der Waals surface area contributed by atoms with Crippen LogP contribution in [-0.4, -0.2) is 5.11 Å². The maximum Gasteiger partial charge on any atom is 0.0945 e. The monoisotopic (exact) mass is 246 g/mol. The molecule has 0 aromatic heterocycles. The molecule has 1 saturated carbocycles. The number of rotatable bonds is 0. The summed E-state index contributed by atoms with van der Waals surface area (Å²) < 4.78 is 0. The van der Waals surface area contributed by atoms with Crippen molar-refractivity contribution >= 4 is 0 Å². The molecule has 3 aliphatic carbocycles. The van der Waals surface area contributed by atoms with E-state index in [-0.39, 0.29) is 0 Å². The Balaban J connectivity index is 1.97. The Labute approximate surface area is 111 Å². The summed E-state index contributed by atoms with van der Waals surface area (Å²) in [6.07, 6.45) is 9.89. The van der Waals surface area contributed by atoms with Crippen molar-refractivity contribution in [3.63, 3.8) is 0 Å². The van der Waals surface area contributed by atoms with Crippen LogP contribution in [0, 0.1) is 23.2 Å². The Morgan fingerprint density at radius 3 is 2.78 bits per heavy atom. The van der Waals surface area contributed by atoms with E-state index in [0.717, 1.165) is 18.1 Å². The highest BCUT2D eigenvalue weighted by atomic mass is 16.3. The number of allylic oxidation sites excluding steroid dienone is 4. The summed E-state index contributed by atoms with van der Waals surface area (Å²) in [4.78, 5) is 0. The minimum Gasteiger partial charge on any atom is -0.512 e. The van der Waals surface area contributed by atoms with Gasteiger partial charge in [0, 0.05) is 5.92 Å². The summed E-state index contributed by atoms with van der Waals surface area (Å²) in [6.45, 7) is 6.94. The van der Waals surface area contributed by atoms with Gasteiger partial charge in [-0.3, -0.25) is 0 Å². The van der Waals surface area contributed by atoms with Gasteiger partial charge >= 0.3 is 0 Å². The average Bonchev–Trinajstić information content (AvgIpc) is 2.33. The van der Waals surface area contributed by atoms with Gasteiger partial charge in [-0.15, -0.1) is 0 Å². The lowest BCUT2D eigenvalue weighted by Gasteiger charge is -2.55. The summed E-state index contributed by atoms with van der Waals surface area (Å²) in [6, 6.07) is 0. The zero-order valence-electron chi connectivity index (χ0n) is 12.0. The Morgan fingerprint density at radius 2 is 2.00 bits per heavy atom. The van der Waals surface area contributed by atoms with Crippen LogP contribution in [0.25, 0.3) is 0 Å². The van der Waals surface area contributed by atoms with Gasteiger partial charge in [0.25, 0.3) is 0 Å². The van der Waals surface area contributed by atoms with Crippen LogP contribution in [0.3, 0.4) is 0 Å². The Bertz CT molecular complexity index is 417. The second-order valence-corrected chi connectivity index (χ2v) is 7.04. The molecule has 0 amide bonds. The minimum atomic E-state index is 0.441. The van der Waals surface area contributed by atoms with E-state index >= 15 is 0 Å². The van der Waals surface area contributed by atoms with Gasteiger partial charge in [-0.25, -0.2) is 0 Å². The van der Waals surface area contributed by atoms with Gasteiger partial charge in [0.15, 0.2) is 0 Å². The fourth-order valence-electron chi connectivity index (χ4n) is 5.13. The smallest absolute Gasteiger partial charge is 0.0945 e. The van der Waals surface area contributed by atoms with Crippen molar-refractivity contribution in [3.8, 4) is 0 Å². The van der Waals surface area contributed by atoms with Crippen molar-refractivity contribution < 1.29 is 5.11 Å². The lowest BCUT2D eigenvalue weighted by Crippen LogP contribution is -2.47. The highest BCUT2D eigenvalue weighted by molar-refractivity contribution is 5.22. The van der Waals surface area contributed by atoms with Crippen molar-refractivity contribution in [2.24, 2.45) is 23.2 Å². The molecule has 100 valence electrons. The molecule has 0 aromatic rings.